The lowest BCUT2D eigenvalue weighted by Gasteiger charge is -2.22. The summed E-state index contributed by atoms with van der Waals surface area (Å²) in [5, 5.41) is 6.42. The summed E-state index contributed by atoms with van der Waals surface area (Å²) in [6.07, 6.45) is 6.84. The van der Waals surface area contributed by atoms with E-state index in [2.05, 4.69) is 24.5 Å². The molecule has 0 unspecified atom stereocenters. The highest BCUT2D eigenvalue weighted by molar-refractivity contribution is 5.85. The van der Waals surface area contributed by atoms with Gasteiger partial charge >= 0.3 is 0 Å². The topological polar surface area (TPSA) is 41.1 Å². The van der Waals surface area contributed by atoms with E-state index in [1.807, 2.05) is 0 Å². The van der Waals surface area contributed by atoms with E-state index >= 15 is 0 Å². The largest absolute Gasteiger partial charge is 0.353 e. The molecule has 1 amide bonds. The van der Waals surface area contributed by atoms with Crippen LogP contribution in [-0.2, 0) is 4.79 Å². The van der Waals surface area contributed by atoms with Crippen LogP contribution in [0.3, 0.4) is 0 Å². The number of hydrogen-bond donors (Lipinski definition) is 2. The normalized spacial score (nSPS) is 16.6. The van der Waals surface area contributed by atoms with Crippen molar-refractivity contribution in [2.24, 2.45) is 5.92 Å². The van der Waals surface area contributed by atoms with Gasteiger partial charge in [0.05, 0.1) is 0 Å². The van der Waals surface area contributed by atoms with Crippen molar-refractivity contribution in [1.29, 1.82) is 0 Å². The molecule has 0 saturated heterocycles. The van der Waals surface area contributed by atoms with Gasteiger partial charge in [0.15, 0.2) is 0 Å². The number of carbonyl (C=O) groups excluding carboxylic acids is 1. The molecule has 0 aliphatic heterocycles. The van der Waals surface area contributed by atoms with Crippen molar-refractivity contribution in [2.75, 3.05) is 13.1 Å². The Morgan fingerprint density at radius 3 is 2.47 bits per heavy atom. The number of nitrogens with one attached hydrogen (secondary N) is 2. The molecule has 1 aliphatic carbocycles. The van der Waals surface area contributed by atoms with Gasteiger partial charge in [-0.15, -0.1) is 12.4 Å². The maximum absolute atomic E-state index is 11.6. The zero-order valence-corrected chi connectivity index (χ0v) is 11.9. The number of amides is 1. The van der Waals surface area contributed by atoms with E-state index < -0.39 is 0 Å². The van der Waals surface area contributed by atoms with Gasteiger partial charge in [0.1, 0.15) is 0 Å². The van der Waals surface area contributed by atoms with Crippen molar-refractivity contribution in [3.05, 3.63) is 0 Å². The highest BCUT2D eigenvalue weighted by Crippen LogP contribution is 2.17. The van der Waals surface area contributed by atoms with Crippen LogP contribution in [0.1, 0.15) is 52.4 Å². The molecule has 1 rings (SSSR count). The molecule has 0 bridgehead atoms. The second kappa shape index (κ2) is 9.72. The minimum absolute atomic E-state index is 0. The second-order valence-electron chi connectivity index (χ2n) is 5.25. The summed E-state index contributed by atoms with van der Waals surface area (Å²) in [4.78, 5) is 11.6. The molecule has 1 saturated carbocycles. The van der Waals surface area contributed by atoms with Crippen LogP contribution in [0.2, 0.25) is 0 Å². The Morgan fingerprint density at radius 1 is 1.24 bits per heavy atom. The van der Waals surface area contributed by atoms with Crippen LogP contribution >= 0.6 is 12.4 Å². The summed E-state index contributed by atoms with van der Waals surface area (Å²) < 4.78 is 0. The molecule has 0 aromatic heterocycles. The number of rotatable bonds is 6. The molecule has 3 nitrogen and oxygen atoms in total. The monoisotopic (exact) mass is 262 g/mol. The Balaban J connectivity index is 0.00000256. The van der Waals surface area contributed by atoms with Crippen molar-refractivity contribution in [2.45, 2.75) is 58.4 Å². The minimum Gasteiger partial charge on any atom is -0.353 e. The van der Waals surface area contributed by atoms with Crippen LogP contribution < -0.4 is 10.6 Å². The smallest absolute Gasteiger partial charge is 0.221 e. The Hall–Kier alpha value is -0.280. The fourth-order valence-electron chi connectivity index (χ4n) is 2.14. The third-order valence-corrected chi connectivity index (χ3v) is 3.05. The molecule has 0 atom stereocenters. The molecule has 4 heteroatoms. The first-order chi connectivity index (χ1) is 7.68. The first kappa shape index (κ1) is 16.7. The van der Waals surface area contributed by atoms with Crippen LogP contribution in [-0.4, -0.2) is 25.0 Å². The van der Waals surface area contributed by atoms with Gasteiger partial charge in [-0.25, -0.2) is 0 Å². The zero-order valence-electron chi connectivity index (χ0n) is 11.1. The molecule has 1 fully saturated rings. The van der Waals surface area contributed by atoms with Crippen LogP contribution in [0.4, 0.5) is 0 Å². The Kier molecular flexibility index (Phi) is 9.56. The molecule has 0 aromatic carbocycles. The average Bonchev–Trinajstić information content (AvgIpc) is 2.25. The molecule has 1 aliphatic rings. The first-order valence-corrected chi connectivity index (χ1v) is 6.68. The molecule has 0 heterocycles. The van der Waals surface area contributed by atoms with Crippen molar-refractivity contribution < 1.29 is 4.79 Å². The highest BCUT2D eigenvalue weighted by Gasteiger charge is 2.14. The van der Waals surface area contributed by atoms with E-state index in [-0.39, 0.29) is 18.3 Å². The molecule has 0 spiro atoms. The predicted octanol–water partition coefficient (Wildman–Crippen LogP) is 2.49. The van der Waals surface area contributed by atoms with Crippen molar-refractivity contribution in [3.8, 4) is 0 Å². The maximum Gasteiger partial charge on any atom is 0.221 e. The Bertz CT molecular complexity index is 204. The predicted molar refractivity (Wildman–Crippen MR) is 74.6 cm³/mol. The number of carbonyl (C=O) groups is 1. The van der Waals surface area contributed by atoms with Crippen LogP contribution in [0.5, 0.6) is 0 Å². The van der Waals surface area contributed by atoms with E-state index in [1.165, 1.54) is 32.1 Å². The summed E-state index contributed by atoms with van der Waals surface area (Å²) >= 11 is 0. The number of hydrogen-bond acceptors (Lipinski definition) is 2. The fraction of sp³-hybridized carbons (Fsp3) is 0.923. The third kappa shape index (κ3) is 8.44. The Morgan fingerprint density at radius 2 is 1.88 bits per heavy atom. The molecular weight excluding hydrogens is 236 g/mol. The van der Waals surface area contributed by atoms with Gasteiger partial charge in [0.25, 0.3) is 0 Å². The van der Waals surface area contributed by atoms with Crippen LogP contribution in [0, 0.1) is 5.92 Å². The summed E-state index contributed by atoms with van der Waals surface area (Å²) in [7, 11) is 0. The lowest BCUT2D eigenvalue weighted by Crippen LogP contribution is -2.37. The molecule has 0 aromatic rings. The van der Waals surface area contributed by atoms with E-state index in [9.17, 15) is 4.79 Å². The van der Waals surface area contributed by atoms with E-state index in [1.54, 1.807) is 0 Å². The van der Waals surface area contributed by atoms with E-state index in [4.69, 9.17) is 0 Å². The fourth-order valence-corrected chi connectivity index (χ4v) is 2.14. The van der Waals surface area contributed by atoms with Crippen LogP contribution in [0.25, 0.3) is 0 Å². The SMILES string of the molecule is CC(C)CNCCC(=O)NC1CCCCC1.Cl. The van der Waals surface area contributed by atoms with Crippen molar-refractivity contribution in [3.63, 3.8) is 0 Å². The summed E-state index contributed by atoms with van der Waals surface area (Å²) in [5.74, 6) is 0.865. The summed E-state index contributed by atoms with van der Waals surface area (Å²) in [5.41, 5.74) is 0. The quantitative estimate of drug-likeness (QED) is 0.722. The van der Waals surface area contributed by atoms with E-state index in [0.29, 0.717) is 18.4 Å². The third-order valence-electron chi connectivity index (χ3n) is 3.05. The Labute approximate surface area is 112 Å². The summed E-state index contributed by atoms with van der Waals surface area (Å²) in [6, 6.07) is 0.450. The molecule has 102 valence electrons. The van der Waals surface area contributed by atoms with E-state index in [0.717, 1.165) is 13.1 Å². The van der Waals surface area contributed by atoms with Crippen molar-refractivity contribution >= 4 is 18.3 Å². The zero-order chi connectivity index (χ0) is 11.8. The lowest BCUT2D eigenvalue weighted by molar-refractivity contribution is -0.121. The van der Waals surface area contributed by atoms with Crippen LogP contribution in [0.15, 0.2) is 0 Å². The first-order valence-electron chi connectivity index (χ1n) is 6.68. The number of halogens is 1. The average molecular weight is 263 g/mol. The molecular formula is C13H27ClN2O. The van der Waals surface area contributed by atoms with Crippen molar-refractivity contribution in [1.82, 2.24) is 10.6 Å². The van der Waals surface area contributed by atoms with Gasteiger partial charge in [-0.2, -0.15) is 0 Å². The van der Waals surface area contributed by atoms with Gasteiger partial charge < -0.3 is 10.6 Å². The molecule has 17 heavy (non-hydrogen) atoms. The highest BCUT2D eigenvalue weighted by atomic mass is 35.5. The standard InChI is InChI=1S/C13H26N2O.ClH/c1-11(2)10-14-9-8-13(16)15-12-6-4-3-5-7-12;/h11-12,14H,3-10H2,1-2H3,(H,15,16);1H. The lowest BCUT2D eigenvalue weighted by atomic mass is 9.95. The summed E-state index contributed by atoms with van der Waals surface area (Å²) in [6.45, 7) is 6.15. The van der Waals surface area contributed by atoms with Gasteiger partial charge in [0.2, 0.25) is 5.91 Å². The minimum atomic E-state index is 0. The molecule has 0 radical (unpaired) electrons. The van der Waals surface area contributed by atoms with Gasteiger partial charge in [-0.3, -0.25) is 4.79 Å². The van der Waals surface area contributed by atoms with Gasteiger partial charge in [0, 0.05) is 19.0 Å². The maximum atomic E-state index is 11.6. The molecule has 2 N–H and O–H groups in total. The second-order valence-corrected chi connectivity index (χ2v) is 5.25. The van der Waals surface area contributed by atoms with Gasteiger partial charge in [-0.1, -0.05) is 33.1 Å². The van der Waals surface area contributed by atoms with Gasteiger partial charge in [-0.05, 0) is 25.3 Å².